The predicted molar refractivity (Wildman–Crippen MR) is 64.2 cm³/mol. The van der Waals surface area contributed by atoms with Gasteiger partial charge in [-0.2, -0.15) is 0 Å². The zero-order chi connectivity index (χ0) is 12.1. The highest BCUT2D eigenvalue weighted by atomic mass is 16.3. The molecule has 1 unspecified atom stereocenters. The molecule has 0 bridgehead atoms. The topological polar surface area (TPSA) is 63.3 Å². The first kappa shape index (κ1) is 12.7. The van der Waals surface area contributed by atoms with Gasteiger partial charge in [-0.15, -0.1) is 0 Å². The number of Topliss-reactive ketones (excluding diaryl/α,β-unsaturated/α-hetero) is 1. The molecule has 0 fully saturated rings. The molecule has 1 aromatic rings. The van der Waals surface area contributed by atoms with Crippen LogP contribution in [0.4, 0.5) is 0 Å². The van der Waals surface area contributed by atoms with E-state index in [9.17, 15) is 4.79 Å². The lowest BCUT2D eigenvalue weighted by Crippen LogP contribution is -2.33. The minimum atomic E-state index is -0.381. The Labute approximate surface area is 96.3 Å². The molecule has 0 spiro atoms. The van der Waals surface area contributed by atoms with Crippen molar-refractivity contribution in [2.24, 2.45) is 11.7 Å². The van der Waals surface area contributed by atoms with Crippen molar-refractivity contribution < 1.29 is 9.90 Å². The van der Waals surface area contributed by atoms with Crippen LogP contribution in [0.3, 0.4) is 0 Å². The summed E-state index contributed by atoms with van der Waals surface area (Å²) >= 11 is 0. The van der Waals surface area contributed by atoms with Gasteiger partial charge in [0.1, 0.15) is 5.75 Å². The average molecular weight is 221 g/mol. The van der Waals surface area contributed by atoms with E-state index in [2.05, 4.69) is 0 Å². The molecule has 1 atom stereocenters. The summed E-state index contributed by atoms with van der Waals surface area (Å²) < 4.78 is 0. The lowest BCUT2D eigenvalue weighted by atomic mass is 9.97. The molecule has 3 nitrogen and oxygen atoms in total. The fraction of sp³-hybridized carbons (Fsp3) is 0.462. The van der Waals surface area contributed by atoms with Crippen LogP contribution in [0, 0.1) is 5.92 Å². The molecule has 0 radical (unpaired) electrons. The van der Waals surface area contributed by atoms with E-state index in [0.717, 1.165) is 12.0 Å². The van der Waals surface area contributed by atoms with Crippen LogP contribution < -0.4 is 5.73 Å². The smallest absolute Gasteiger partial charge is 0.153 e. The first-order chi connectivity index (χ1) is 7.49. The van der Waals surface area contributed by atoms with Gasteiger partial charge in [0.25, 0.3) is 0 Å². The van der Waals surface area contributed by atoms with Gasteiger partial charge in [-0.25, -0.2) is 0 Å². The Bertz CT molecular complexity index is 343. The van der Waals surface area contributed by atoms with E-state index >= 15 is 0 Å². The summed E-state index contributed by atoms with van der Waals surface area (Å²) in [6.45, 7) is 4.10. The van der Waals surface area contributed by atoms with Gasteiger partial charge in [0.2, 0.25) is 0 Å². The molecular weight excluding hydrogens is 202 g/mol. The normalized spacial score (nSPS) is 12.8. The molecule has 0 aliphatic rings. The van der Waals surface area contributed by atoms with Crippen LogP contribution in [0.2, 0.25) is 0 Å². The van der Waals surface area contributed by atoms with Crippen molar-refractivity contribution in [2.45, 2.75) is 32.7 Å². The van der Waals surface area contributed by atoms with Crippen LogP contribution >= 0.6 is 0 Å². The molecule has 16 heavy (non-hydrogen) atoms. The van der Waals surface area contributed by atoms with E-state index in [-0.39, 0.29) is 17.6 Å². The summed E-state index contributed by atoms with van der Waals surface area (Å²) in [5.41, 5.74) is 6.69. The van der Waals surface area contributed by atoms with Crippen molar-refractivity contribution in [2.75, 3.05) is 0 Å². The van der Waals surface area contributed by atoms with Crippen molar-refractivity contribution >= 4 is 5.78 Å². The van der Waals surface area contributed by atoms with Crippen LogP contribution in [-0.4, -0.2) is 16.9 Å². The zero-order valence-corrected chi connectivity index (χ0v) is 9.81. The molecule has 0 saturated carbocycles. The SMILES string of the molecule is CC(C)CC(N)C(=O)Cc1ccc(O)cc1. The van der Waals surface area contributed by atoms with Crippen molar-refractivity contribution in [3.63, 3.8) is 0 Å². The third-order valence-corrected chi connectivity index (χ3v) is 2.45. The first-order valence-electron chi connectivity index (χ1n) is 5.55. The molecule has 0 aliphatic heterocycles. The van der Waals surface area contributed by atoms with Gasteiger partial charge in [-0.05, 0) is 30.0 Å². The van der Waals surface area contributed by atoms with Crippen LogP contribution in [0.25, 0.3) is 0 Å². The molecule has 0 aliphatic carbocycles. The quantitative estimate of drug-likeness (QED) is 0.798. The summed E-state index contributed by atoms with van der Waals surface area (Å²) in [5, 5.41) is 9.11. The molecule has 3 N–H and O–H groups in total. The van der Waals surface area contributed by atoms with Gasteiger partial charge in [0.15, 0.2) is 5.78 Å². The molecular formula is C13H19NO2. The second-order valence-corrected chi connectivity index (χ2v) is 4.55. The van der Waals surface area contributed by atoms with Crippen molar-refractivity contribution in [3.05, 3.63) is 29.8 Å². The second kappa shape index (κ2) is 5.66. The number of rotatable bonds is 5. The van der Waals surface area contributed by atoms with Crippen molar-refractivity contribution in [1.82, 2.24) is 0 Å². The summed E-state index contributed by atoms with van der Waals surface area (Å²) in [6.07, 6.45) is 1.06. The molecule has 3 heteroatoms. The number of ketones is 1. The van der Waals surface area contributed by atoms with Crippen molar-refractivity contribution in [1.29, 1.82) is 0 Å². The van der Waals surface area contributed by atoms with Gasteiger partial charge in [-0.3, -0.25) is 4.79 Å². The Morgan fingerprint density at radius 3 is 2.38 bits per heavy atom. The highest BCUT2D eigenvalue weighted by Gasteiger charge is 2.15. The first-order valence-corrected chi connectivity index (χ1v) is 5.55. The molecule has 0 saturated heterocycles. The number of nitrogens with two attached hydrogens (primary N) is 1. The number of benzene rings is 1. The molecule has 0 amide bonds. The number of carbonyl (C=O) groups excluding carboxylic acids is 1. The lowest BCUT2D eigenvalue weighted by Gasteiger charge is -2.12. The summed E-state index contributed by atoms with van der Waals surface area (Å²) in [4.78, 5) is 11.7. The van der Waals surface area contributed by atoms with Gasteiger partial charge in [0.05, 0.1) is 6.04 Å². The van der Waals surface area contributed by atoms with Crippen LogP contribution in [0.15, 0.2) is 24.3 Å². The standard InChI is InChI=1S/C13H19NO2/c1-9(2)7-12(14)13(16)8-10-3-5-11(15)6-4-10/h3-6,9,12,15H,7-8,14H2,1-2H3. The zero-order valence-electron chi connectivity index (χ0n) is 9.81. The van der Waals surface area contributed by atoms with E-state index in [1.165, 1.54) is 0 Å². The maximum absolute atomic E-state index is 11.7. The number of phenolic OH excluding ortho intramolecular Hbond substituents is 1. The van der Waals surface area contributed by atoms with E-state index in [0.29, 0.717) is 12.3 Å². The predicted octanol–water partition coefficient (Wildman–Crippen LogP) is 1.88. The molecule has 1 rings (SSSR count). The number of carbonyl (C=O) groups is 1. The highest BCUT2D eigenvalue weighted by Crippen LogP contribution is 2.12. The average Bonchev–Trinajstić information content (AvgIpc) is 2.20. The summed E-state index contributed by atoms with van der Waals surface area (Å²) in [6, 6.07) is 6.27. The van der Waals surface area contributed by atoms with Gasteiger partial charge in [-0.1, -0.05) is 26.0 Å². The van der Waals surface area contributed by atoms with Gasteiger partial charge < -0.3 is 10.8 Å². The summed E-state index contributed by atoms with van der Waals surface area (Å²) in [7, 11) is 0. The van der Waals surface area contributed by atoms with Crippen LogP contribution in [0.5, 0.6) is 5.75 Å². The Morgan fingerprint density at radius 1 is 1.31 bits per heavy atom. The maximum atomic E-state index is 11.7. The summed E-state index contributed by atoms with van der Waals surface area (Å²) in [5.74, 6) is 0.695. The third kappa shape index (κ3) is 4.03. The van der Waals surface area contributed by atoms with Gasteiger partial charge >= 0.3 is 0 Å². The monoisotopic (exact) mass is 221 g/mol. The fourth-order valence-corrected chi connectivity index (χ4v) is 1.59. The Hall–Kier alpha value is -1.35. The van der Waals surface area contributed by atoms with E-state index in [1.54, 1.807) is 24.3 Å². The van der Waals surface area contributed by atoms with Crippen molar-refractivity contribution in [3.8, 4) is 5.75 Å². The molecule has 88 valence electrons. The Balaban J connectivity index is 2.54. The van der Waals surface area contributed by atoms with E-state index < -0.39 is 0 Å². The second-order valence-electron chi connectivity index (χ2n) is 4.55. The molecule has 0 aromatic heterocycles. The highest BCUT2D eigenvalue weighted by molar-refractivity contribution is 5.85. The lowest BCUT2D eigenvalue weighted by molar-refractivity contribution is -0.120. The molecule has 1 aromatic carbocycles. The Kier molecular flexibility index (Phi) is 4.50. The number of hydrogen-bond acceptors (Lipinski definition) is 3. The molecule has 0 heterocycles. The minimum Gasteiger partial charge on any atom is -0.508 e. The van der Waals surface area contributed by atoms with Crippen LogP contribution in [-0.2, 0) is 11.2 Å². The largest absolute Gasteiger partial charge is 0.508 e. The van der Waals surface area contributed by atoms with Crippen LogP contribution in [0.1, 0.15) is 25.8 Å². The maximum Gasteiger partial charge on any atom is 0.153 e. The fourth-order valence-electron chi connectivity index (χ4n) is 1.59. The number of aromatic hydroxyl groups is 1. The minimum absolute atomic E-state index is 0.0550. The van der Waals surface area contributed by atoms with E-state index in [1.807, 2.05) is 13.8 Å². The van der Waals surface area contributed by atoms with E-state index in [4.69, 9.17) is 10.8 Å². The van der Waals surface area contributed by atoms with Gasteiger partial charge in [0, 0.05) is 6.42 Å². The Morgan fingerprint density at radius 2 is 1.88 bits per heavy atom. The number of phenols is 1. The number of hydrogen-bond donors (Lipinski definition) is 2. The third-order valence-electron chi connectivity index (χ3n) is 2.45.